The molecule has 4 aromatic rings. The molecular formula is C33H33ClF2N4O3S. The predicted molar refractivity (Wildman–Crippen MR) is 171 cm³/mol. The Kier molecular flexibility index (Phi) is 9.60. The Morgan fingerprint density at radius 1 is 1.23 bits per heavy atom. The van der Waals surface area contributed by atoms with Crippen LogP contribution < -0.4 is 10.3 Å². The SMILES string of the molecule is CCOc1ccc(Cl)c(-n2c(C=C(C)C)c(C(=O)N3CCC[C@@H](C)C3)cc(-c3nc(-c4ccc(C(F)F)nc4)cs3)c2=O)c1. The molecule has 0 spiro atoms. The maximum Gasteiger partial charge on any atom is 0.280 e. The number of benzene rings is 1. The first-order chi connectivity index (χ1) is 21.1. The predicted octanol–water partition coefficient (Wildman–Crippen LogP) is 8.31. The van der Waals surface area contributed by atoms with Gasteiger partial charge in [-0.3, -0.25) is 19.1 Å². The molecule has 4 heterocycles. The number of amides is 1. The number of halogens is 3. The highest BCUT2D eigenvalue weighted by Gasteiger charge is 2.28. The number of carbonyl (C=O) groups excluding carboxylic acids is 1. The van der Waals surface area contributed by atoms with Crippen molar-refractivity contribution in [2.75, 3.05) is 19.7 Å². The molecule has 0 radical (unpaired) electrons. The molecule has 1 atom stereocenters. The van der Waals surface area contributed by atoms with E-state index in [1.54, 1.807) is 29.6 Å². The Balaban J connectivity index is 1.75. The molecule has 0 aliphatic carbocycles. The van der Waals surface area contributed by atoms with Gasteiger partial charge in [-0.05, 0) is 75.9 Å². The summed E-state index contributed by atoms with van der Waals surface area (Å²) in [7, 11) is 0. The quantitative estimate of drug-likeness (QED) is 0.194. The Hall–Kier alpha value is -3.89. The number of allylic oxidation sites excluding steroid dienone is 1. The number of ether oxygens (including phenoxy) is 1. The molecule has 0 saturated carbocycles. The van der Waals surface area contributed by atoms with Gasteiger partial charge in [0, 0.05) is 36.3 Å². The Morgan fingerprint density at radius 3 is 2.68 bits per heavy atom. The number of piperidine rings is 1. The number of pyridine rings is 2. The number of hydrogen-bond acceptors (Lipinski definition) is 6. The van der Waals surface area contributed by atoms with Crippen LogP contribution in [0.3, 0.4) is 0 Å². The maximum atomic E-state index is 14.4. The van der Waals surface area contributed by atoms with Crippen molar-refractivity contribution in [2.24, 2.45) is 5.92 Å². The van der Waals surface area contributed by atoms with E-state index < -0.39 is 12.0 Å². The number of likely N-dealkylation sites (tertiary alicyclic amines) is 1. The summed E-state index contributed by atoms with van der Waals surface area (Å²) in [6.07, 6.45) is 2.42. The first-order valence-electron chi connectivity index (χ1n) is 14.4. The van der Waals surface area contributed by atoms with E-state index in [4.69, 9.17) is 16.3 Å². The van der Waals surface area contributed by atoms with Crippen LogP contribution >= 0.6 is 22.9 Å². The van der Waals surface area contributed by atoms with Gasteiger partial charge in [-0.2, -0.15) is 0 Å². The molecule has 1 amide bonds. The van der Waals surface area contributed by atoms with Gasteiger partial charge in [0.05, 0.1) is 39.8 Å². The molecule has 1 aromatic carbocycles. The van der Waals surface area contributed by atoms with E-state index in [-0.39, 0.29) is 17.2 Å². The summed E-state index contributed by atoms with van der Waals surface area (Å²) in [4.78, 5) is 39.0. The lowest BCUT2D eigenvalue weighted by atomic mass is 9.98. The Morgan fingerprint density at radius 2 is 2.02 bits per heavy atom. The molecule has 1 fully saturated rings. The van der Waals surface area contributed by atoms with Gasteiger partial charge in [0.2, 0.25) is 0 Å². The third kappa shape index (κ3) is 6.61. The van der Waals surface area contributed by atoms with Gasteiger partial charge in [0.25, 0.3) is 17.9 Å². The van der Waals surface area contributed by atoms with Gasteiger partial charge in [-0.15, -0.1) is 11.3 Å². The average Bonchev–Trinajstić information content (AvgIpc) is 3.48. The van der Waals surface area contributed by atoms with Crippen LogP contribution in [0.5, 0.6) is 5.75 Å². The smallest absolute Gasteiger partial charge is 0.280 e. The van der Waals surface area contributed by atoms with Crippen molar-refractivity contribution < 1.29 is 18.3 Å². The van der Waals surface area contributed by atoms with Gasteiger partial charge in [-0.1, -0.05) is 24.1 Å². The zero-order chi connectivity index (χ0) is 31.5. The van der Waals surface area contributed by atoms with Crippen molar-refractivity contribution >= 4 is 34.9 Å². The van der Waals surface area contributed by atoms with Crippen molar-refractivity contribution in [3.8, 4) is 33.3 Å². The molecule has 1 aliphatic rings. The average molecular weight is 639 g/mol. The Bertz CT molecular complexity index is 1760. The summed E-state index contributed by atoms with van der Waals surface area (Å²) >= 11 is 7.94. The zero-order valence-electron chi connectivity index (χ0n) is 24.9. The van der Waals surface area contributed by atoms with E-state index >= 15 is 0 Å². The van der Waals surface area contributed by atoms with Crippen LogP contribution in [0.2, 0.25) is 5.02 Å². The van der Waals surface area contributed by atoms with Gasteiger partial charge in [-0.25, -0.2) is 13.8 Å². The van der Waals surface area contributed by atoms with E-state index in [0.717, 1.165) is 18.4 Å². The third-order valence-electron chi connectivity index (χ3n) is 7.35. The van der Waals surface area contributed by atoms with E-state index in [2.05, 4.69) is 16.9 Å². The second kappa shape index (κ2) is 13.4. The van der Waals surface area contributed by atoms with Crippen LogP contribution in [0.1, 0.15) is 68.7 Å². The highest BCUT2D eigenvalue weighted by atomic mass is 35.5. The summed E-state index contributed by atoms with van der Waals surface area (Å²) < 4.78 is 33.3. The fourth-order valence-corrected chi connectivity index (χ4v) is 6.33. The van der Waals surface area contributed by atoms with Gasteiger partial charge in [0.1, 0.15) is 16.5 Å². The van der Waals surface area contributed by atoms with E-state index in [1.807, 2.05) is 31.7 Å². The minimum absolute atomic E-state index is 0.181. The molecule has 1 aliphatic heterocycles. The lowest BCUT2D eigenvalue weighted by Crippen LogP contribution is -2.40. The van der Waals surface area contributed by atoms with Crippen LogP contribution in [-0.4, -0.2) is 45.0 Å². The summed E-state index contributed by atoms with van der Waals surface area (Å²) in [6.45, 7) is 9.45. The highest BCUT2D eigenvalue weighted by Crippen LogP contribution is 2.33. The van der Waals surface area contributed by atoms with Gasteiger partial charge >= 0.3 is 0 Å². The summed E-state index contributed by atoms with van der Waals surface area (Å²) in [5.41, 5.74) is 2.52. The number of rotatable bonds is 8. The monoisotopic (exact) mass is 638 g/mol. The first-order valence-corrected chi connectivity index (χ1v) is 15.7. The van der Waals surface area contributed by atoms with E-state index in [9.17, 15) is 18.4 Å². The zero-order valence-corrected chi connectivity index (χ0v) is 26.5. The lowest BCUT2D eigenvalue weighted by molar-refractivity contribution is 0.0682. The normalized spacial score (nSPS) is 15.0. The number of nitrogens with zero attached hydrogens (tertiary/aromatic N) is 4. The molecule has 1 saturated heterocycles. The molecular weight excluding hydrogens is 606 g/mol. The molecule has 44 heavy (non-hydrogen) atoms. The number of carbonyl (C=O) groups is 1. The number of thiazole rings is 1. The lowest BCUT2D eigenvalue weighted by Gasteiger charge is -2.32. The van der Waals surface area contributed by atoms with E-state index in [1.165, 1.54) is 34.2 Å². The number of alkyl halides is 2. The van der Waals surface area contributed by atoms with Crippen molar-refractivity contribution in [3.63, 3.8) is 0 Å². The van der Waals surface area contributed by atoms with Crippen molar-refractivity contribution in [2.45, 2.75) is 47.0 Å². The van der Waals surface area contributed by atoms with Gasteiger partial charge in [0.15, 0.2) is 0 Å². The third-order valence-corrected chi connectivity index (χ3v) is 8.54. The summed E-state index contributed by atoms with van der Waals surface area (Å²) in [6, 6.07) is 9.49. The first kappa shape index (κ1) is 31.5. The minimum Gasteiger partial charge on any atom is -0.494 e. The fourth-order valence-electron chi connectivity index (χ4n) is 5.29. The van der Waals surface area contributed by atoms with Crippen LogP contribution in [0.4, 0.5) is 8.78 Å². The van der Waals surface area contributed by atoms with Crippen LogP contribution in [0.15, 0.2) is 58.3 Å². The summed E-state index contributed by atoms with van der Waals surface area (Å²) in [5, 5.41) is 2.42. The Labute approximate surface area is 263 Å². The van der Waals surface area contributed by atoms with Crippen molar-refractivity contribution in [3.05, 3.63) is 85.9 Å². The number of aromatic nitrogens is 3. The maximum absolute atomic E-state index is 14.4. The van der Waals surface area contributed by atoms with Gasteiger partial charge < -0.3 is 9.64 Å². The molecule has 11 heteroatoms. The standard InChI is InChI=1S/C33H33ClF2N4O3S/c1-5-43-22-9-10-25(34)29(14-22)40-28(13-19(2)3)23(32(41)39-12-6-7-20(4)17-39)15-24(33(40)42)31-38-27(18-44-31)21-8-11-26(30(35)36)37-16-21/h8-11,13-16,18,20,30H,5-7,12,17H2,1-4H3/t20-/m1/s1. The largest absolute Gasteiger partial charge is 0.494 e. The molecule has 0 N–H and O–H groups in total. The fraction of sp³-hybridized carbons (Fsp3) is 0.333. The summed E-state index contributed by atoms with van der Waals surface area (Å²) in [5.74, 6) is 0.704. The van der Waals surface area contributed by atoms with Crippen molar-refractivity contribution in [1.82, 2.24) is 19.4 Å². The number of hydrogen-bond donors (Lipinski definition) is 0. The van der Waals surface area contributed by atoms with Crippen LogP contribution in [0.25, 0.3) is 33.6 Å². The molecule has 0 bridgehead atoms. The minimum atomic E-state index is -2.68. The molecule has 7 nitrogen and oxygen atoms in total. The second-order valence-corrected chi connectivity index (χ2v) is 12.3. The highest BCUT2D eigenvalue weighted by molar-refractivity contribution is 7.13. The topological polar surface area (TPSA) is 77.3 Å². The van der Waals surface area contributed by atoms with Crippen LogP contribution in [0, 0.1) is 5.92 Å². The second-order valence-electron chi connectivity index (χ2n) is 11.1. The van der Waals surface area contributed by atoms with Crippen molar-refractivity contribution in [1.29, 1.82) is 0 Å². The molecule has 230 valence electrons. The molecule has 3 aromatic heterocycles. The molecule has 5 rings (SSSR count). The van der Waals surface area contributed by atoms with E-state index in [0.29, 0.717) is 69.6 Å². The molecule has 0 unspecified atom stereocenters. The van der Waals surface area contributed by atoms with Crippen LogP contribution in [-0.2, 0) is 0 Å².